The van der Waals surface area contributed by atoms with Gasteiger partial charge in [0.05, 0.1) is 16.3 Å². The number of hydrogen-bond donors (Lipinski definition) is 2. The van der Waals surface area contributed by atoms with Crippen molar-refractivity contribution in [1.82, 2.24) is 0 Å². The minimum Gasteiger partial charge on any atom is -0.484 e. The minimum atomic E-state index is -0.303. The van der Waals surface area contributed by atoms with Crippen LogP contribution in [-0.4, -0.2) is 18.4 Å². The fraction of sp³-hybridized carbons (Fsp3) is 0.250. The molecule has 1 atom stereocenters. The third-order valence-corrected chi connectivity index (χ3v) is 6.73. The molecule has 0 spiro atoms. The molecule has 0 fully saturated rings. The first-order valence-corrected chi connectivity index (χ1v) is 11.4. The number of carbonyl (C=O) groups is 2. The predicted octanol–water partition coefficient (Wildman–Crippen LogP) is 5.80. The van der Waals surface area contributed by atoms with Crippen molar-refractivity contribution in [3.05, 3.63) is 75.6 Å². The van der Waals surface area contributed by atoms with Gasteiger partial charge in [0.15, 0.2) is 6.61 Å². The van der Waals surface area contributed by atoms with Gasteiger partial charge in [0, 0.05) is 4.88 Å². The maximum Gasteiger partial charge on any atom is 0.262 e. The van der Waals surface area contributed by atoms with E-state index in [0.29, 0.717) is 32.9 Å². The number of thiophene rings is 1. The van der Waals surface area contributed by atoms with Gasteiger partial charge in [-0.05, 0) is 55.0 Å². The maximum absolute atomic E-state index is 13.2. The van der Waals surface area contributed by atoms with Crippen LogP contribution in [0.3, 0.4) is 0 Å². The van der Waals surface area contributed by atoms with Crippen LogP contribution in [-0.2, 0) is 17.6 Å². The van der Waals surface area contributed by atoms with Gasteiger partial charge in [-0.2, -0.15) is 0 Å². The number of anilines is 2. The van der Waals surface area contributed by atoms with Crippen LogP contribution in [0.25, 0.3) is 0 Å². The Bertz CT molecular complexity index is 1100. The van der Waals surface area contributed by atoms with E-state index in [2.05, 4.69) is 17.6 Å². The molecule has 0 radical (unpaired) electrons. The highest BCUT2D eigenvalue weighted by Gasteiger charge is 2.28. The second-order valence-corrected chi connectivity index (χ2v) is 9.15. The van der Waals surface area contributed by atoms with Gasteiger partial charge in [0.1, 0.15) is 10.8 Å². The minimum absolute atomic E-state index is 0.130. The number of ether oxygens (including phenoxy) is 1. The van der Waals surface area contributed by atoms with E-state index < -0.39 is 0 Å². The molecule has 7 heteroatoms. The van der Waals surface area contributed by atoms with E-state index in [9.17, 15) is 9.59 Å². The summed E-state index contributed by atoms with van der Waals surface area (Å²) in [5.41, 5.74) is 2.09. The number of benzene rings is 2. The summed E-state index contributed by atoms with van der Waals surface area (Å²) in [5.74, 6) is 0.603. The largest absolute Gasteiger partial charge is 0.484 e. The van der Waals surface area contributed by atoms with Crippen molar-refractivity contribution in [3.63, 3.8) is 0 Å². The monoisotopic (exact) mass is 454 g/mol. The third-order valence-electron chi connectivity index (χ3n) is 5.23. The molecule has 2 N–H and O–H groups in total. The van der Waals surface area contributed by atoms with Gasteiger partial charge in [-0.25, -0.2) is 0 Å². The molecule has 0 aliphatic heterocycles. The molecule has 1 heterocycles. The molecule has 5 nitrogen and oxygen atoms in total. The first-order valence-electron chi connectivity index (χ1n) is 10.2. The van der Waals surface area contributed by atoms with Crippen molar-refractivity contribution in [2.45, 2.75) is 26.2 Å². The average Bonchev–Trinajstić information content (AvgIpc) is 3.11. The second-order valence-electron chi connectivity index (χ2n) is 7.64. The zero-order chi connectivity index (χ0) is 21.8. The highest BCUT2D eigenvalue weighted by molar-refractivity contribution is 7.17. The normalized spacial score (nSPS) is 15.1. The SMILES string of the molecule is C[C@H]1CCc2c(sc(NC(=O)COc3ccccc3)c2C(=O)Nc2ccccc2Cl)C1. The quantitative estimate of drug-likeness (QED) is 0.495. The number of halogens is 1. The lowest BCUT2D eigenvalue weighted by Crippen LogP contribution is -2.22. The van der Waals surface area contributed by atoms with Crippen molar-refractivity contribution in [2.24, 2.45) is 5.92 Å². The summed E-state index contributed by atoms with van der Waals surface area (Å²) in [6.07, 6.45) is 2.73. The van der Waals surface area contributed by atoms with E-state index in [4.69, 9.17) is 16.3 Å². The van der Waals surface area contributed by atoms with Crippen molar-refractivity contribution in [2.75, 3.05) is 17.2 Å². The number of hydrogen-bond acceptors (Lipinski definition) is 4. The Morgan fingerprint density at radius 1 is 1.10 bits per heavy atom. The number of amides is 2. The van der Waals surface area contributed by atoms with E-state index in [1.807, 2.05) is 30.3 Å². The summed E-state index contributed by atoms with van der Waals surface area (Å²) in [6.45, 7) is 2.08. The number of carbonyl (C=O) groups excluding carboxylic acids is 2. The lowest BCUT2D eigenvalue weighted by molar-refractivity contribution is -0.118. The van der Waals surface area contributed by atoms with Crippen LogP contribution in [0.15, 0.2) is 54.6 Å². The molecule has 3 aromatic rings. The van der Waals surface area contributed by atoms with E-state index >= 15 is 0 Å². The van der Waals surface area contributed by atoms with Crippen LogP contribution in [0.5, 0.6) is 5.75 Å². The summed E-state index contributed by atoms with van der Waals surface area (Å²) >= 11 is 7.69. The Labute approximate surface area is 190 Å². The molecule has 0 bridgehead atoms. The summed E-state index contributed by atoms with van der Waals surface area (Å²) in [4.78, 5) is 26.9. The van der Waals surface area contributed by atoms with Gasteiger partial charge in [-0.1, -0.05) is 48.9 Å². The van der Waals surface area contributed by atoms with Gasteiger partial charge in [0.25, 0.3) is 11.8 Å². The molecule has 160 valence electrons. The predicted molar refractivity (Wildman–Crippen MR) is 125 cm³/mol. The first kappa shape index (κ1) is 21.4. The highest BCUT2D eigenvalue weighted by atomic mass is 35.5. The maximum atomic E-state index is 13.2. The van der Waals surface area contributed by atoms with E-state index in [0.717, 1.165) is 29.7 Å². The zero-order valence-electron chi connectivity index (χ0n) is 17.1. The van der Waals surface area contributed by atoms with Crippen molar-refractivity contribution in [1.29, 1.82) is 0 Å². The first-order chi connectivity index (χ1) is 15.0. The summed E-state index contributed by atoms with van der Waals surface area (Å²) < 4.78 is 5.55. The molecule has 1 aromatic heterocycles. The fourth-order valence-corrected chi connectivity index (χ4v) is 5.26. The Morgan fingerprint density at radius 3 is 2.61 bits per heavy atom. The molecular weight excluding hydrogens is 432 g/mol. The lowest BCUT2D eigenvalue weighted by atomic mass is 9.88. The Balaban J connectivity index is 1.56. The molecular formula is C24H23ClN2O3S. The van der Waals surface area contributed by atoms with Crippen LogP contribution >= 0.6 is 22.9 Å². The Kier molecular flexibility index (Phi) is 6.59. The molecule has 31 heavy (non-hydrogen) atoms. The molecule has 4 rings (SSSR count). The van der Waals surface area contributed by atoms with Crippen LogP contribution in [0, 0.1) is 5.92 Å². The summed E-state index contributed by atoms with van der Waals surface area (Å²) in [7, 11) is 0. The molecule has 2 aromatic carbocycles. The second kappa shape index (κ2) is 9.54. The molecule has 1 aliphatic carbocycles. The fourth-order valence-electron chi connectivity index (χ4n) is 3.65. The molecule has 0 unspecified atom stereocenters. The van der Waals surface area contributed by atoms with E-state index in [-0.39, 0.29) is 18.4 Å². The average molecular weight is 455 g/mol. The van der Waals surface area contributed by atoms with E-state index in [1.54, 1.807) is 24.3 Å². The zero-order valence-corrected chi connectivity index (χ0v) is 18.7. The smallest absolute Gasteiger partial charge is 0.262 e. The Morgan fingerprint density at radius 2 is 1.84 bits per heavy atom. The van der Waals surface area contributed by atoms with Crippen LogP contribution in [0.1, 0.15) is 34.1 Å². The standard InChI is InChI=1S/C24H23ClN2O3S/c1-15-11-12-17-20(13-15)31-24(27-21(28)14-30-16-7-3-2-4-8-16)22(17)23(29)26-19-10-6-5-9-18(19)25/h2-10,15H,11-14H2,1H3,(H,26,29)(H,27,28)/t15-/m0/s1. The van der Waals surface area contributed by atoms with Crippen LogP contribution < -0.4 is 15.4 Å². The topological polar surface area (TPSA) is 67.4 Å². The number of nitrogens with one attached hydrogen (secondary N) is 2. The molecule has 0 saturated heterocycles. The highest BCUT2D eigenvalue weighted by Crippen LogP contribution is 2.40. The molecule has 0 saturated carbocycles. The van der Waals surface area contributed by atoms with Crippen LogP contribution in [0.4, 0.5) is 10.7 Å². The van der Waals surface area contributed by atoms with Gasteiger partial charge >= 0.3 is 0 Å². The van der Waals surface area contributed by atoms with Gasteiger partial charge < -0.3 is 15.4 Å². The number of para-hydroxylation sites is 2. The number of rotatable bonds is 6. The molecule has 1 aliphatic rings. The molecule has 2 amide bonds. The van der Waals surface area contributed by atoms with Gasteiger partial charge in [0.2, 0.25) is 0 Å². The van der Waals surface area contributed by atoms with Gasteiger partial charge in [-0.15, -0.1) is 11.3 Å². The summed E-state index contributed by atoms with van der Waals surface area (Å²) in [6, 6.07) is 16.3. The van der Waals surface area contributed by atoms with Crippen molar-refractivity contribution < 1.29 is 14.3 Å². The Hall–Kier alpha value is -2.83. The van der Waals surface area contributed by atoms with Crippen LogP contribution in [0.2, 0.25) is 5.02 Å². The van der Waals surface area contributed by atoms with Gasteiger partial charge in [-0.3, -0.25) is 9.59 Å². The van der Waals surface area contributed by atoms with Crippen molar-refractivity contribution in [3.8, 4) is 5.75 Å². The summed E-state index contributed by atoms with van der Waals surface area (Å²) in [5, 5.41) is 6.82. The third kappa shape index (κ3) is 5.09. The lowest BCUT2D eigenvalue weighted by Gasteiger charge is -2.18. The number of fused-ring (bicyclic) bond motifs is 1. The van der Waals surface area contributed by atoms with Crippen molar-refractivity contribution >= 4 is 45.4 Å². The van der Waals surface area contributed by atoms with E-state index in [1.165, 1.54) is 11.3 Å².